The maximum absolute atomic E-state index is 8.57. The molecule has 2 unspecified atom stereocenters. The molecule has 2 atom stereocenters. The number of rotatable bonds is 3. The summed E-state index contributed by atoms with van der Waals surface area (Å²) in [4.78, 5) is 0. The van der Waals surface area contributed by atoms with Crippen LogP contribution in [0.3, 0.4) is 0 Å². The fourth-order valence-electron chi connectivity index (χ4n) is 1.77. The van der Waals surface area contributed by atoms with Gasteiger partial charge in [0, 0.05) is 5.56 Å². The molecule has 1 aliphatic heterocycles. The lowest BCUT2D eigenvalue weighted by Gasteiger charge is -2.17. The van der Waals surface area contributed by atoms with Crippen LogP contribution in [0, 0.1) is 0 Å². The Labute approximate surface area is 93.9 Å². The van der Waals surface area contributed by atoms with Crippen LogP contribution in [-0.4, -0.2) is 23.7 Å². The van der Waals surface area contributed by atoms with Crippen LogP contribution < -0.4 is 15.8 Å². The van der Waals surface area contributed by atoms with E-state index in [1.807, 2.05) is 31.2 Å². The van der Waals surface area contributed by atoms with E-state index in [-0.39, 0.29) is 17.9 Å². The molecule has 5 heteroatoms. The smallest absolute Gasteiger partial charge is 0.156 e. The topological polar surface area (TPSA) is 79.9 Å². The van der Waals surface area contributed by atoms with Gasteiger partial charge in [-0.2, -0.15) is 0 Å². The molecular formula is C11H15N3O2. The van der Waals surface area contributed by atoms with Gasteiger partial charge >= 0.3 is 0 Å². The minimum Gasteiger partial charge on any atom is -0.491 e. The molecule has 16 heavy (non-hydrogen) atoms. The van der Waals surface area contributed by atoms with Crippen molar-refractivity contribution in [3.63, 3.8) is 0 Å². The molecular weight excluding hydrogens is 206 g/mol. The summed E-state index contributed by atoms with van der Waals surface area (Å²) in [5, 5.41) is 14.8. The quantitative estimate of drug-likeness (QED) is 0.306. The highest BCUT2D eigenvalue weighted by molar-refractivity contribution is 5.84. The third kappa shape index (κ3) is 1.94. The average Bonchev–Trinajstić information content (AvgIpc) is 2.72. The first kappa shape index (κ1) is 10.8. The van der Waals surface area contributed by atoms with Gasteiger partial charge in [-0.15, -0.1) is 0 Å². The molecule has 2 rings (SSSR count). The summed E-state index contributed by atoms with van der Waals surface area (Å²) in [6.45, 7) is 2.42. The van der Waals surface area contributed by atoms with Gasteiger partial charge < -0.3 is 15.7 Å². The first-order valence-electron chi connectivity index (χ1n) is 5.17. The van der Waals surface area contributed by atoms with Crippen LogP contribution in [0.5, 0.6) is 5.75 Å². The molecule has 1 aromatic rings. The lowest BCUT2D eigenvalue weighted by molar-refractivity contribution is 0.300. The highest BCUT2D eigenvalue weighted by Gasteiger charge is 2.25. The molecule has 5 nitrogen and oxygen atoms in total. The van der Waals surface area contributed by atoms with Crippen molar-refractivity contribution in [2.75, 3.05) is 6.61 Å². The zero-order valence-electron chi connectivity index (χ0n) is 9.05. The van der Waals surface area contributed by atoms with Gasteiger partial charge in [-0.05, 0) is 13.0 Å². The number of hydrogen-bond donors (Lipinski definition) is 3. The molecule has 0 radical (unpaired) electrons. The van der Waals surface area contributed by atoms with Gasteiger partial charge in [0.25, 0.3) is 0 Å². The number of hydrogen-bond acceptors (Lipinski definition) is 4. The molecule has 4 N–H and O–H groups in total. The van der Waals surface area contributed by atoms with E-state index in [9.17, 15) is 0 Å². The Morgan fingerprint density at radius 1 is 1.62 bits per heavy atom. The number of benzene rings is 1. The Kier molecular flexibility index (Phi) is 2.96. The Morgan fingerprint density at radius 3 is 3.12 bits per heavy atom. The summed E-state index contributed by atoms with van der Waals surface area (Å²) >= 11 is 0. The fraction of sp³-hybridized carbons (Fsp3) is 0.364. The van der Waals surface area contributed by atoms with Gasteiger partial charge in [0.1, 0.15) is 12.4 Å². The number of nitrogens with two attached hydrogens (primary N) is 1. The van der Waals surface area contributed by atoms with Crippen molar-refractivity contribution in [1.82, 2.24) is 5.32 Å². The summed E-state index contributed by atoms with van der Waals surface area (Å²) < 4.78 is 5.52. The van der Waals surface area contributed by atoms with Crippen molar-refractivity contribution in [2.45, 2.75) is 19.0 Å². The van der Waals surface area contributed by atoms with Gasteiger partial charge in [-0.1, -0.05) is 23.4 Å². The molecule has 0 bridgehead atoms. The third-order valence-electron chi connectivity index (χ3n) is 2.71. The largest absolute Gasteiger partial charge is 0.491 e. The number of para-hydroxylation sites is 1. The van der Waals surface area contributed by atoms with Crippen LogP contribution in [0.15, 0.2) is 29.4 Å². The maximum Gasteiger partial charge on any atom is 0.156 e. The van der Waals surface area contributed by atoms with Crippen molar-refractivity contribution in [1.29, 1.82) is 0 Å². The van der Waals surface area contributed by atoms with Crippen molar-refractivity contribution < 1.29 is 9.94 Å². The number of nitrogens with one attached hydrogen (secondary N) is 1. The van der Waals surface area contributed by atoms with Gasteiger partial charge in [-0.3, -0.25) is 5.32 Å². The van der Waals surface area contributed by atoms with Gasteiger partial charge in [0.15, 0.2) is 5.84 Å². The highest BCUT2D eigenvalue weighted by atomic mass is 16.5. The molecule has 1 aliphatic rings. The number of fused-ring (bicyclic) bond motifs is 1. The second-order valence-electron chi connectivity index (χ2n) is 3.81. The normalized spacial score (nSPS) is 21.3. The molecule has 0 spiro atoms. The summed E-state index contributed by atoms with van der Waals surface area (Å²) in [6, 6.07) is 7.76. The van der Waals surface area contributed by atoms with Gasteiger partial charge in [0.2, 0.25) is 0 Å². The van der Waals surface area contributed by atoms with Crippen molar-refractivity contribution >= 4 is 5.84 Å². The number of ether oxygens (including phenoxy) is 1. The van der Waals surface area contributed by atoms with Crippen molar-refractivity contribution in [3.05, 3.63) is 29.8 Å². The monoisotopic (exact) mass is 221 g/mol. The van der Waals surface area contributed by atoms with E-state index in [2.05, 4.69) is 10.5 Å². The van der Waals surface area contributed by atoms with Crippen LogP contribution in [0.25, 0.3) is 0 Å². The summed E-state index contributed by atoms with van der Waals surface area (Å²) in [7, 11) is 0. The van der Waals surface area contributed by atoms with Crippen LogP contribution in [0.1, 0.15) is 18.5 Å². The predicted octanol–water partition coefficient (Wildman–Crippen LogP) is 0.845. The lowest BCUT2D eigenvalue weighted by atomic mass is 10.1. The van der Waals surface area contributed by atoms with E-state index >= 15 is 0 Å². The predicted molar refractivity (Wildman–Crippen MR) is 60.7 cm³/mol. The summed E-state index contributed by atoms with van der Waals surface area (Å²) in [5.74, 6) is 1.07. The highest BCUT2D eigenvalue weighted by Crippen LogP contribution is 2.31. The minimum absolute atomic E-state index is 0.0894. The first-order valence-corrected chi connectivity index (χ1v) is 5.17. The van der Waals surface area contributed by atoms with E-state index in [1.54, 1.807) is 0 Å². The molecule has 0 saturated carbocycles. The molecule has 1 aromatic carbocycles. The Hall–Kier alpha value is -1.75. The van der Waals surface area contributed by atoms with Crippen molar-refractivity contribution in [3.8, 4) is 5.75 Å². The molecule has 86 valence electrons. The SMILES string of the molecule is CC(NC1COc2ccccc21)C(N)=NO. The average molecular weight is 221 g/mol. The number of oxime groups is 1. The standard InChI is InChI=1S/C11H15N3O2/c1-7(11(12)14-15)13-9-6-16-10-5-3-2-4-8(9)10/h2-5,7,9,13,15H,6H2,1H3,(H2,12,14). The second kappa shape index (κ2) is 4.40. The van der Waals surface area contributed by atoms with Crippen LogP contribution in [0.4, 0.5) is 0 Å². The van der Waals surface area contributed by atoms with Gasteiger partial charge in [-0.25, -0.2) is 0 Å². The lowest BCUT2D eigenvalue weighted by Crippen LogP contribution is -2.41. The van der Waals surface area contributed by atoms with E-state index in [1.165, 1.54) is 0 Å². The third-order valence-corrected chi connectivity index (χ3v) is 2.71. The van der Waals surface area contributed by atoms with E-state index in [0.717, 1.165) is 11.3 Å². The second-order valence-corrected chi connectivity index (χ2v) is 3.81. The number of nitrogens with zero attached hydrogens (tertiary/aromatic N) is 1. The molecule has 0 amide bonds. The van der Waals surface area contributed by atoms with E-state index in [4.69, 9.17) is 15.7 Å². The Bertz CT molecular complexity index is 406. The Morgan fingerprint density at radius 2 is 2.38 bits per heavy atom. The number of amidine groups is 1. The van der Waals surface area contributed by atoms with Crippen molar-refractivity contribution in [2.24, 2.45) is 10.9 Å². The van der Waals surface area contributed by atoms with E-state index in [0.29, 0.717) is 6.61 Å². The minimum atomic E-state index is -0.190. The van der Waals surface area contributed by atoms with Crippen LogP contribution >= 0.6 is 0 Å². The Balaban J connectivity index is 2.09. The van der Waals surface area contributed by atoms with Gasteiger partial charge in [0.05, 0.1) is 12.1 Å². The maximum atomic E-state index is 8.57. The summed E-state index contributed by atoms with van der Waals surface area (Å²) in [5.41, 5.74) is 6.62. The zero-order chi connectivity index (χ0) is 11.5. The molecule has 0 fully saturated rings. The molecule has 0 aromatic heterocycles. The fourth-order valence-corrected chi connectivity index (χ4v) is 1.77. The summed E-state index contributed by atoms with van der Waals surface area (Å²) in [6.07, 6.45) is 0. The molecule has 0 saturated heterocycles. The van der Waals surface area contributed by atoms with Crippen LogP contribution in [-0.2, 0) is 0 Å². The van der Waals surface area contributed by atoms with E-state index < -0.39 is 0 Å². The molecule has 1 heterocycles. The first-order chi connectivity index (χ1) is 7.72. The van der Waals surface area contributed by atoms with Crippen LogP contribution in [0.2, 0.25) is 0 Å². The molecule has 0 aliphatic carbocycles. The zero-order valence-corrected chi connectivity index (χ0v) is 9.05.